The first-order valence-corrected chi connectivity index (χ1v) is 10.4. The average Bonchev–Trinajstić information content (AvgIpc) is 3.04. The third kappa shape index (κ3) is 4.30. The number of fused-ring (bicyclic) bond motifs is 1. The van der Waals surface area contributed by atoms with Gasteiger partial charge in [0.1, 0.15) is 5.82 Å². The highest BCUT2D eigenvalue weighted by atomic mass is 32.1. The van der Waals surface area contributed by atoms with E-state index in [-0.39, 0.29) is 11.7 Å². The smallest absolute Gasteiger partial charge is 0.240 e. The van der Waals surface area contributed by atoms with Crippen molar-refractivity contribution in [2.75, 3.05) is 42.9 Å². The Bertz CT molecular complexity index is 816. The Kier molecular flexibility index (Phi) is 5.41. The van der Waals surface area contributed by atoms with Gasteiger partial charge in [0.2, 0.25) is 5.91 Å². The number of aryl methyl sites for hydroxylation is 1. The maximum absolute atomic E-state index is 13.9. The molecule has 1 saturated heterocycles. The van der Waals surface area contributed by atoms with Gasteiger partial charge in [-0.1, -0.05) is 19.1 Å². The number of rotatable bonds is 4. The Labute approximate surface area is 163 Å². The van der Waals surface area contributed by atoms with Crippen LogP contribution in [0.15, 0.2) is 24.3 Å². The number of halogens is 1. The number of nitrogens with one attached hydrogen (secondary N) is 1. The number of anilines is 2. The highest BCUT2D eigenvalue weighted by Crippen LogP contribution is 2.32. The molecule has 0 radical (unpaired) electrons. The molecule has 2 heterocycles. The molecule has 27 heavy (non-hydrogen) atoms. The van der Waals surface area contributed by atoms with Crippen molar-refractivity contribution >= 4 is 28.1 Å². The van der Waals surface area contributed by atoms with Crippen molar-refractivity contribution in [3.63, 3.8) is 0 Å². The predicted octanol–water partition coefficient (Wildman–Crippen LogP) is 3.17. The van der Waals surface area contributed by atoms with E-state index in [1.54, 1.807) is 17.4 Å². The molecule has 0 spiro atoms. The molecule has 0 saturated carbocycles. The summed E-state index contributed by atoms with van der Waals surface area (Å²) in [7, 11) is 0. The molecule has 0 unspecified atom stereocenters. The third-order valence-corrected chi connectivity index (χ3v) is 6.40. The quantitative estimate of drug-likeness (QED) is 0.874. The summed E-state index contributed by atoms with van der Waals surface area (Å²) < 4.78 is 13.9. The van der Waals surface area contributed by atoms with Crippen LogP contribution in [0, 0.1) is 11.7 Å². The number of nitrogens with zero attached hydrogens (tertiary/aromatic N) is 3. The van der Waals surface area contributed by atoms with Crippen LogP contribution in [0.5, 0.6) is 0 Å². The normalized spacial score (nSPS) is 20.4. The SMILES string of the molecule is C[C@H]1CCc2nc(NC(=O)CN3CCN(c4ccccc4F)CC3)sc2C1. The van der Waals surface area contributed by atoms with E-state index in [2.05, 4.69) is 22.1 Å². The van der Waals surface area contributed by atoms with Gasteiger partial charge in [0.25, 0.3) is 0 Å². The summed E-state index contributed by atoms with van der Waals surface area (Å²) >= 11 is 1.62. The summed E-state index contributed by atoms with van der Waals surface area (Å²) in [4.78, 5) is 22.5. The van der Waals surface area contributed by atoms with Crippen molar-refractivity contribution in [3.05, 3.63) is 40.7 Å². The lowest BCUT2D eigenvalue weighted by Gasteiger charge is -2.35. The lowest BCUT2D eigenvalue weighted by Crippen LogP contribution is -2.48. The van der Waals surface area contributed by atoms with Gasteiger partial charge < -0.3 is 10.2 Å². The van der Waals surface area contributed by atoms with Gasteiger partial charge in [-0.15, -0.1) is 11.3 Å². The molecule has 2 aliphatic rings. The predicted molar refractivity (Wildman–Crippen MR) is 107 cm³/mol. The number of aromatic nitrogens is 1. The molecule has 144 valence electrons. The van der Waals surface area contributed by atoms with Crippen LogP contribution in [-0.4, -0.2) is 48.5 Å². The number of hydrogen-bond acceptors (Lipinski definition) is 5. The van der Waals surface area contributed by atoms with Gasteiger partial charge in [-0.05, 0) is 37.3 Å². The lowest BCUT2D eigenvalue weighted by molar-refractivity contribution is -0.117. The molecular weight excluding hydrogens is 363 g/mol. The summed E-state index contributed by atoms with van der Waals surface area (Å²) in [6, 6.07) is 6.86. The number of hydrogen-bond donors (Lipinski definition) is 1. The number of para-hydroxylation sites is 1. The van der Waals surface area contributed by atoms with Gasteiger partial charge >= 0.3 is 0 Å². The van der Waals surface area contributed by atoms with Crippen molar-refractivity contribution in [2.24, 2.45) is 5.92 Å². The van der Waals surface area contributed by atoms with Crippen molar-refractivity contribution in [1.29, 1.82) is 0 Å². The minimum atomic E-state index is -0.189. The Morgan fingerprint density at radius 3 is 2.85 bits per heavy atom. The number of thiazole rings is 1. The average molecular weight is 389 g/mol. The Morgan fingerprint density at radius 1 is 1.30 bits per heavy atom. The molecule has 5 nitrogen and oxygen atoms in total. The topological polar surface area (TPSA) is 48.5 Å². The summed E-state index contributed by atoms with van der Waals surface area (Å²) in [6.07, 6.45) is 3.26. The molecule has 1 fully saturated rings. The first-order chi connectivity index (χ1) is 13.1. The van der Waals surface area contributed by atoms with Gasteiger partial charge in [0.15, 0.2) is 5.13 Å². The standard InChI is InChI=1S/C20H25FN4OS/c1-14-6-7-16-18(12-14)27-20(22-16)23-19(26)13-24-8-10-25(11-9-24)17-5-3-2-4-15(17)21/h2-5,14H,6-13H2,1H3,(H,22,23,26)/t14-/m0/s1. The molecule has 1 atom stereocenters. The fourth-order valence-electron chi connectivity index (χ4n) is 3.81. The van der Waals surface area contributed by atoms with E-state index >= 15 is 0 Å². The van der Waals surface area contributed by atoms with Crippen molar-refractivity contribution in [2.45, 2.75) is 26.2 Å². The Morgan fingerprint density at radius 2 is 2.07 bits per heavy atom. The molecule has 1 amide bonds. The van der Waals surface area contributed by atoms with E-state index in [9.17, 15) is 9.18 Å². The summed E-state index contributed by atoms with van der Waals surface area (Å²) in [5, 5.41) is 3.69. The zero-order valence-electron chi connectivity index (χ0n) is 15.6. The largest absolute Gasteiger partial charge is 0.367 e. The van der Waals surface area contributed by atoms with E-state index in [0.717, 1.165) is 49.8 Å². The molecule has 1 aromatic carbocycles. The lowest BCUT2D eigenvalue weighted by atomic mass is 9.93. The first-order valence-electron chi connectivity index (χ1n) is 9.59. The molecule has 1 N–H and O–H groups in total. The second-order valence-electron chi connectivity index (χ2n) is 7.50. The molecule has 2 aromatic rings. The number of piperazine rings is 1. The van der Waals surface area contributed by atoms with E-state index in [4.69, 9.17) is 0 Å². The summed E-state index contributed by atoms with van der Waals surface area (Å²) in [5.74, 6) is 0.492. The van der Waals surface area contributed by atoms with E-state index in [0.29, 0.717) is 18.2 Å². The Balaban J connectivity index is 1.28. The maximum atomic E-state index is 13.9. The van der Waals surface area contributed by atoms with Crippen LogP contribution < -0.4 is 10.2 Å². The second-order valence-corrected chi connectivity index (χ2v) is 8.58. The van der Waals surface area contributed by atoms with Crippen molar-refractivity contribution in [3.8, 4) is 0 Å². The fourth-order valence-corrected chi connectivity index (χ4v) is 5.00. The summed E-state index contributed by atoms with van der Waals surface area (Å²) in [6.45, 7) is 5.55. The molecule has 1 aliphatic carbocycles. The van der Waals surface area contributed by atoms with E-state index in [1.165, 1.54) is 17.4 Å². The number of amides is 1. The van der Waals surface area contributed by atoms with Crippen LogP contribution in [0.4, 0.5) is 15.2 Å². The minimum Gasteiger partial charge on any atom is -0.367 e. The van der Waals surface area contributed by atoms with Gasteiger partial charge in [-0.25, -0.2) is 9.37 Å². The van der Waals surface area contributed by atoms with E-state index < -0.39 is 0 Å². The number of carbonyl (C=O) groups is 1. The van der Waals surface area contributed by atoms with Crippen LogP contribution in [-0.2, 0) is 17.6 Å². The number of carbonyl (C=O) groups excluding carboxylic acids is 1. The fraction of sp³-hybridized carbons (Fsp3) is 0.500. The van der Waals surface area contributed by atoms with Crippen LogP contribution >= 0.6 is 11.3 Å². The van der Waals surface area contributed by atoms with Crippen molar-refractivity contribution < 1.29 is 9.18 Å². The van der Waals surface area contributed by atoms with Crippen LogP contribution in [0.25, 0.3) is 0 Å². The monoisotopic (exact) mass is 388 g/mol. The third-order valence-electron chi connectivity index (χ3n) is 5.37. The van der Waals surface area contributed by atoms with Crippen molar-refractivity contribution in [1.82, 2.24) is 9.88 Å². The van der Waals surface area contributed by atoms with Gasteiger partial charge in [0.05, 0.1) is 17.9 Å². The van der Waals surface area contributed by atoms with Gasteiger partial charge in [-0.3, -0.25) is 9.69 Å². The van der Waals surface area contributed by atoms with Gasteiger partial charge in [-0.2, -0.15) is 0 Å². The number of benzene rings is 1. The van der Waals surface area contributed by atoms with Crippen LogP contribution in [0.2, 0.25) is 0 Å². The molecule has 0 bridgehead atoms. The molecule has 1 aliphatic heterocycles. The first kappa shape index (κ1) is 18.4. The highest BCUT2D eigenvalue weighted by molar-refractivity contribution is 7.15. The Hall–Kier alpha value is -1.99. The van der Waals surface area contributed by atoms with Gasteiger partial charge in [0, 0.05) is 31.1 Å². The molecule has 1 aromatic heterocycles. The zero-order valence-corrected chi connectivity index (χ0v) is 16.4. The molecule has 4 rings (SSSR count). The molecule has 7 heteroatoms. The maximum Gasteiger partial charge on any atom is 0.240 e. The highest BCUT2D eigenvalue weighted by Gasteiger charge is 2.23. The zero-order chi connectivity index (χ0) is 18.8. The van der Waals surface area contributed by atoms with E-state index in [1.807, 2.05) is 17.0 Å². The molecular formula is C20H25FN4OS. The second kappa shape index (κ2) is 7.94. The summed E-state index contributed by atoms with van der Waals surface area (Å²) in [5.41, 5.74) is 1.80. The minimum absolute atomic E-state index is 0.0199. The van der Waals surface area contributed by atoms with Crippen LogP contribution in [0.3, 0.4) is 0 Å². The van der Waals surface area contributed by atoms with Crippen LogP contribution in [0.1, 0.15) is 23.9 Å².